The minimum atomic E-state index is -1.07. The van der Waals surface area contributed by atoms with Crippen molar-refractivity contribution in [2.75, 3.05) is 12.4 Å². The lowest BCUT2D eigenvalue weighted by Crippen LogP contribution is -2.45. The molecule has 0 aliphatic heterocycles. The first-order chi connectivity index (χ1) is 13.9. The van der Waals surface area contributed by atoms with Crippen molar-refractivity contribution in [2.24, 2.45) is 5.73 Å². The second kappa shape index (κ2) is 10.3. The molecule has 0 radical (unpaired) electrons. The molecule has 2 aromatic rings. The number of hydrogen-bond acceptors (Lipinski definition) is 6. The van der Waals surface area contributed by atoms with Gasteiger partial charge in [-0.2, -0.15) is 5.48 Å². The Morgan fingerprint density at radius 3 is 2.48 bits per heavy atom. The summed E-state index contributed by atoms with van der Waals surface area (Å²) in [6.07, 6.45) is -0.667. The molecule has 0 fully saturated rings. The van der Waals surface area contributed by atoms with Gasteiger partial charge in [0, 0.05) is 17.7 Å². The van der Waals surface area contributed by atoms with Crippen LogP contribution in [0.25, 0.3) is 0 Å². The third kappa shape index (κ3) is 6.86. The highest BCUT2D eigenvalue weighted by atomic mass is 16.7. The molecule has 29 heavy (non-hydrogen) atoms. The van der Waals surface area contributed by atoms with E-state index in [0.29, 0.717) is 5.69 Å². The molecule has 0 aliphatic carbocycles. The molecule has 2 amide bonds. The third-order valence-electron chi connectivity index (χ3n) is 3.69. The van der Waals surface area contributed by atoms with Crippen molar-refractivity contribution >= 4 is 29.6 Å². The maximum absolute atomic E-state index is 12.4. The fourth-order valence-corrected chi connectivity index (χ4v) is 2.36. The second-order valence-corrected chi connectivity index (χ2v) is 5.85. The van der Waals surface area contributed by atoms with Crippen LogP contribution in [0, 0.1) is 5.41 Å². The molecular weight excluding hydrogens is 378 g/mol. The summed E-state index contributed by atoms with van der Waals surface area (Å²) in [7, 11) is 1.17. The van der Waals surface area contributed by atoms with E-state index in [9.17, 15) is 14.4 Å². The summed E-state index contributed by atoms with van der Waals surface area (Å²) >= 11 is 0. The quantitative estimate of drug-likeness (QED) is 0.277. The lowest BCUT2D eigenvalue weighted by molar-refractivity contribution is -0.151. The SMILES string of the molecule is COC(=O)N[C@@H](Cc1ccccc1)C(=O)ONC(=O)c1cccc(NC(=N)N)c1. The van der Waals surface area contributed by atoms with Gasteiger partial charge in [0.25, 0.3) is 5.91 Å². The Morgan fingerprint density at radius 2 is 1.83 bits per heavy atom. The highest BCUT2D eigenvalue weighted by Gasteiger charge is 2.24. The normalized spacial score (nSPS) is 10.9. The van der Waals surface area contributed by atoms with Gasteiger partial charge in [-0.15, -0.1) is 0 Å². The molecule has 6 N–H and O–H groups in total. The van der Waals surface area contributed by atoms with Gasteiger partial charge in [0.1, 0.15) is 6.04 Å². The predicted molar refractivity (Wildman–Crippen MR) is 105 cm³/mol. The molecule has 0 spiro atoms. The number of guanidine groups is 1. The van der Waals surface area contributed by atoms with Crippen molar-refractivity contribution < 1.29 is 24.0 Å². The van der Waals surface area contributed by atoms with Crippen LogP contribution in [0.2, 0.25) is 0 Å². The number of benzene rings is 2. The van der Waals surface area contributed by atoms with Crippen molar-refractivity contribution in [2.45, 2.75) is 12.5 Å². The molecule has 2 aromatic carbocycles. The van der Waals surface area contributed by atoms with Crippen LogP contribution in [0.1, 0.15) is 15.9 Å². The first-order valence-corrected chi connectivity index (χ1v) is 8.49. The maximum Gasteiger partial charge on any atom is 0.407 e. The third-order valence-corrected chi connectivity index (χ3v) is 3.69. The minimum Gasteiger partial charge on any atom is -0.453 e. The van der Waals surface area contributed by atoms with Crippen molar-refractivity contribution in [1.29, 1.82) is 5.41 Å². The number of hydrogen-bond donors (Lipinski definition) is 5. The summed E-state index contributed by atoms with van der Waals surface area (Å²) in [5.74, 6) is -1.85. The Kier molecular flexibility index (Phi) is 7.54. The number of carbonyl (C=O) groups excluding carboxylic acids is 3. The molecule has 0 bridgehead atoms. The Hall–Kier alpha value is -4.08. The molecule has 10 nitrogen and oxygen atoms in total. The van der Waals surface area contributed by atoms with E-state index in [1.807, 2.05) is 11.5 Å². The van der Waals surface area contributed by atoms with Gasteiger partial charge in [0.15, 0.2) is 5.96 Å². The number of rotatable bonds is 6. The number of nitrogens with two attached hydrogens (primary N) is 1. The van der Waals surface area contributed by atoms with Crippen LogP contribution in [-0.2, 0) is 20.8 Å². The average Bonchev–Trinajstić information content (AvgIpc) is 2.71. The van der Waals surface area contributed by atoms with E-state index in [-0.39, 0.29) is 17.9 Å². The van der Waals surface area contributed by atoms with Crippen LogP contribution in [0.4, 0.5) is 10.5 Å². The van der Waals surface area contributed by atoms with Crippen LogP contribution in [0.15, 0.2) is 54.6 Å². The minimum absolute atomic E-state index is 0.142. The number of anilines is 1. The predicted octanol–water partition coefficient (Wildman–Crippen LogP) is 1.15. The summed E-state index contributed by atoms with van der Waals surface area (Å²) in [4.78, 5) is 41.0. The topological polar surface area (TPSA) is 156 Å². The Balaban J connectivity index is 2.01. The number of amides is 2. The summed E-state index contributed by atoms with van der Waals surface area (Å²) in [6.45, 7) is 0. The number of carbonyl (C=O) groups is 3. The zero-order chi connectivity index (χ0) is 21.2. The monoisotopic (exact) mass is 399 g/mol. The zero-order valence-electron chi connectivity index (χ0n) is 15.6. The lowest BCUT2D eigenvalue weighted by atomic mass is 10.1. The van der Waals surface area contributed by atoms with Gasteiger partial charge >= 0.3 is 12.1 Å². The van der Waals surface area contributed by atoms with Gasteiger partial charge in [-0.3, -0.25) is 10.2 Å². The molecule has 1 atom stereocenters. The van der Waals surface area contributed by atoms with Gasteiger partial charge < -0.3 is 25.9 Å². The van der Waals surface area contributed by atoms with E-state index in [2.05, 4.69) is 15.4 Å². The van der Waals surface area contributed by atoms with Crippen LogP contribution in [0.3, 0.4) is 0 Å². The molecule has 0 aliphatic rings. The highest BCUT2D eigenvalue weighted by Crippen LogP contribution is 2.10. The van der Waals surface area contributed by atoms with Gasteiger partial charge in [0.2, 0.25) is 0 Å². The number of nitrogens with one attached hydrogen (secondary N) is 4. The maximum atomic E-state index is 12.4. The summed E-state index contributed by atoms with van der Waals surface area (Å²) < 4.78 is 4.53. The Bertz CT molecular complexity index is 888. The molecule has 2 rings (SSSR count). The smallest absolute Gasteiger partial charge is 0.407 e. The van der Waals surface area contributed by atoms with Crippen LogP contribution < -0.4 is 21.8 Å². The molecule has 0 unspecified atom stereocenters. The zero-order valence-corrected chi connectivity index (χ0v) is 15.6. The molecule has 152 valence electrons. The number of hydroxylamine groups is 1. The molecule has 0 saturated heterocycles. The molecule has 0 saturated carbocycles. The number of methoxy groups -OCH3 is 1. The average molecular weight is 399 g/mol. The Morgan fingerprint density at radius 1 is 1.10 bits per heavy atom. The Labute approximate surface area is 166 Å². The molecule has 0 aromatic heterocycles. The highest BCUT2D eigenvalue weighted by molar-refractivity contribution is 5.97. The first kappa shape index (κ1) is 21.2. The van der Waals surface area contributed by atoms with E-state index in [1.165, 1.54) is 19.2 Å². The number of alkyl carbamates (subject to hydrolysis) is 1. The second-order valence-electron chi connectivity index (χ2n) is 5.85. The van der Waals surface area contributed by atoms with Gasteiger partial charge in [-0.1, -0.05) is 36.4 Å². The van der Waals surface area contributed by atoms with Crippen LogP contribution >= 0.6 is 0 Å². The summed E-state index contributed by atoms with van der Waals surface area (Å²) in [6, 6.07) is 14.0. The van der Waals surface area contributed by atoms with E-state index in [0.717, 1.165) is 5.56 Å². The standard InChI is InChI=1S/C19H21N5O5/c1-28-19(27)23-15(10-12-6-3-2-4-7-12)17(26)29-24-16(25)13-8-5-9-14(11-13)22-18(20)21/h2-9,11,15H,10H2,1H3,(H,23,27)(H,24,25)(H4,20,21,22)/t15-/m0/s1. The van der Waals surface area contributed by atoms with Gasteiger partial charge in [-0.25, -0.2) is 9.59 Å². The molecule has 10 heteroatoms. The first-order valence-electron chi connectivity index (χ1n) is 8.49. The largest absolute Gasteiger partial charge is 0.453 e. The van der Waals surface area contributed by atoms with Gasteiger partial charge in [0.05, 0.1) is 7.11 Å². The van der Waals surface area contributed by atoms with Gasteiger partial charge in [-0.05, 0) is 23.8 Å². The number of ether oxygens (including phenoxy) is 1. The van der Waals surface area contributed by atoms with E-state index < -0.39 is 24.0 Å². The van der Waals surface area contributed by atoms with Crippen molar-refractivity contribution in [1.82, 2.24) is 10.8 Å². The molecular formula is C19H21N5O5. The van der Waals surface area contributed by atoms with E-state index in [4.69, 9.17) is 16.0 Å². The van der Waals surface area contributed by atoms with Crippen molar-refractivity contribution in [3.05, 3.63) is 65.7 Å². The van der Waals surface area contributed by atoms with Crippen LogP contribution in [0.5, 0.6) is 0 Å². The van der Waals surface area contributed by atoms with E-state index >= 15 is 0 Å². The van der Waals surface area contributed by atoms with Crippen LogP contribution in [-0.4, -0.2) is 37.1 Å². The summed E-state index contributed by atoms with van der Waals surface area (Å²) in [5, 5.41) is 12.1. The molecule has 0 heterocycles. The fraction of sp³-hybridized carbons (Fsp3) is 0.158. The lowest BCUT2D eigenvalue weighted by Gasteiger charge is -2.17. The fourth-order valence-electron chi connectivity index (χ4n) is 2.36. The van der Waals surface area contributed by atoms with Crippen molar-refractivity contribution in [3.8, 4) is 0 Å². The summed E-state index contributed by atoms with van der Waals surface area (Å²) in [5.41, 5.74) is 8.67. The van der Waals surface area contributed by atoms with E-state index in [1.54, 1.807) is 36.4 Å². The van der Waals surface area contributed by atoms with Crippen molar-refractivity contribution in [3.63, 3.8) is 0 Å².